The second-order valence-corrected chi connectivity index (χ2v) is 5.38. The predicted octanol–water partition coefficient (Wildman–Crippen LogP) is 3.71. The van der Waals surface area contributed by atoms with E-state index in [9.17, 15) is 9.59 Å². The Morgan fingerprint density at radius 2 is 1.57 bits per heavy atom. The van der Waals surface area contributed by atoms with Gasteiger partial charge >= 0.3 is 6.09 Å². The number of nitrogens with zero attached hydrogens (tertiary/aromatic N) is 3. The van der Waals surface area contributed by atoms with Crippen molar-refractivity contribution in [1.82, 2.24) is 14.8 Å². The molecule has 2 amide bonds. The van der Waals surface area contributed by atoms with Crippen molar-refractivity contribution in [2.24, 2.45) is 0 Å². The Labute approximate surface area is 146 Å². The molecule has 0 atom stereocenters. The van der Waals surface area contributed by atoms with E-state index in [2.05, 4.69) is 4.98 Å². The second-order valence-electron chi connectivity index (χ2n) is 4.63. The molecule has 23 heavy (non-hydrogen) atoms. The van der Waals surface area contributed by atoms with Crippen molar-refractivity contribution in [3.63, 3.8) is 0 Å². The van der Waals surface area contributed by atoms with E-state index in [1.807, 2.05) is 27.7 Å². The van der Waals surface area contributed by atoms with Gasteiger partial charge in [-0.15, -0.1) is 0 Å². The fraction of sp³-hybridized carbons (Fsp3) is 0.533. The Kier molecular flexibility index (Phi) is 7.58. The molecule has 1 aromatic heterocycles. The van der Waals surface area contributed by atoms with Crippen molar-refractivity contribution < 1.29 is 14.3 Å². The van der Waals surface area contributed by atoms with Gasteiger partial charge in [0.1, 0.15) is 5.15 Å². The molecular formula is C15H21Cl2N3O3. The summed E-state index contributed by atoms with van der Waals surface area (Å²) in [5.41, 5.74) is 0.124. The van der Waals surface area contributed by atoms with Gasteiger partial charge in [-0.1, -0.05) is 23.2 Å². The van der Waals surface area contributed by atoms with Crippen LogP contribution in [0.5, 0.6) is 5.75 Å². The first-order valence-corrected chi connectivity index (χ1v) is 8.27. The maximum absolute atomic E-state index is 12.6. The number of hydrogen-bond donors (Lipinski definition) is 0. The Bertz CT molecular complexity index is 573. The van der Waals surface area contributed by atoms with Crippen LogP contribution in [0.25, 0.3) is 0 Å². The van der Waals surface area contributed by atoms with Crippen LogP contribution in [-0.2, 0) is 0 Å². The maximum Gasteiger partial charge on any atom is 0.415 e. The van der Waals surface area contributed by atoms with Gasteiger partial charge in [0.2, 0.25) is 0 Å². The first-order chi connectivity index (χ1) is 10.9. The monoisotopic (exact) mass is 361 g/mol. The van der Waals surface area contributed by atoms with Crippen molar-refractivity contribution >= 4 is 35.2 Å². The van der Waals surface area contributed by atoms with E-state index in [0.717, 1.165) is 0 Å². The summed E-state index contributed by atoms with van der Waals surface area (Å²) in [6, 6.07) is 1.36. The number of carbonyl (C=O) groups excluding carboxylic acids is 2. The van der Waals surface area contributed by atoms with Crippen molar-refractivity contribution in [3.05, 3.63) is 21.9 Å². The van der Waals surface area contributed by atoms with Gasteiger partial charge in [0.05, 0.1) is 5.56 Å². The van der Waals surface area contributed by atoms with E-state index in [4.69, 9.17) is 27.9 Å². The smallest absolute Gasteiger partial charge is 0.406 e. The van der Waals surface area contributed by atoms with Crippen LogP contribution >= 0.6 is 23.2 Å². The van der Waals surface area contributed by atoms with E-state index in [0.29, 0.717) is 26.2 Å². The molecule has 0 radical (unpaired) electrons. The summed E-state index contributed by atoms with van der Waals surface area (Å²) in [6.45, 7) is 9.34. The van der Waals surface area contributed by atoms with E-state index < -0.39 is 6.09 Å². The largest absolute Gasteiger partial charge is 0.415 e. The first-order valence-electron chi connectivity index (χ1n) is 7.51. The molecule has 0 aliphatic carbocycles. The number of amides is 2. The summed E-state index contributed by atoms with van der Waals surface area (Å²) < 4.78 is 5.32. The van der Waals surface area contributed by atoms with Crippen molar-refractivity contribution in [3.8, 4) is 5.75 Å². The SMILES string of the molecule is CCN(CC)C(=O)Oc1c(C(=O)N(CC)CC)cc(Cl)nc1Cl. The third-order valence-electron chi connectivity index (χ3n) is 3.39. The molecule has 0 unspecified atom stereocenters. The highest BCUT2D eigenvalue weighted by molar-refractivity contribution is 6.34. The highest BCUT2D eigenvalue weighted by Crippen LogP contribution is 2.31. The van der Waals surface area contributed by atoms with Crippen LogP contribution in [0.2, 0.25) is 10.3 Å². The summed E-state index contributed by atoms with van der Waals surface area (Å²) in [5, 5.41) is -0.0540. The lowest BCUT2D eigenvalue weighted by Crippen LogP contribution is -2.35. The minimum absolute atomic E-state index is 0.0631. The summed E-state index contributed by atoms with van der Waals surface area (Å²) in [6.07, 6.45) is -0.588. The summed E-state index contributed by atoms with van der Waals surface area (Å²) in [5.74, 6) is -0.381. The molecule has 0 bridgehead atoms. The maximum atomic E-state index is 12.6. The summed E-state index contributed by atoms with van der Waals surface area (Å²) in [7, 11) is 0. The Hall–Kier alpha value is -1.53. The quantitative estimate of drug-likeness (QED) is 0.724. The minimum atomic E-state index is -0.588. The predicted molar refractivity (Wildman–Crippen MR) is 90.5 cm³/mol. The zero-order valence-electron chi connectivity index (χ0n) is 13.7. The van der Waals surface area contributed by atoms with Gasteiger partial charge in [0.25, 0.3) is 5.91 Å². The van der Waals surface area contributed by atoms with Crippen molar-refractivity contribution in [2.45, 2.75) is 27.7 Å². The highest BCUT2D eigenvalue weighted by Gasteiger charge is 2.25. The second kappa shape index (κ2) is 8.93. The van der Waals surface area contributed by atoms with E-state index >= 15 is 0 Å². The van der Waals surface area contributed by atoms with Crippen LogP contribution < -0.4 is 4.74 Å². The molecule has 0 fully saturated rings. The molecule has 0 N–H and O–H groups in total. The van der Waals surface area contributed by atoms with Crippen molar-refractivity contribution in [1.29, 1.82) is 0 Å². The molecule has 128 valence electrons. The van der Waals surface area contributed by atoms with Gasteiger partial charge in [-0.25, -0.2) is 9.78 Å². The van der Waals surface area contributed by atoms with Crippen LogP contribution in [0, 0.1) is 0 Å². The fourth-order valence-electron chi connectivity index (χ4n) is 2.04. The van der Waals surface area contributed by atoms with Crippen LogP contribution in [0.3, 0.4) is 0 Å². The normalized spacial score (nSPS) is 10.3. The number of ether oxygens (including phenoxy) is 1. The van der Waals surface area contributed by atoms with Crippen molar-refractivity contribution in [2.75, 3.05) is 26.2 Å². The van der Waals surface area contributed by atoms with Gasteiger partial charge in [-0.05, 0) is 33.8 Å². The molecule has 0 saturated heterocycles. The minimum Gasteiger partial charge on any atom is -0.406 e. The Morgan fingerprint density at radius 3 is 2.04 bits per heavy atom. The summed E-state index contributed by atoms with van der Waals surface area (Å²) in [4.78, 5) is 31.7. The Morgan fingerprint density at radius 1 is 1.04 bits per heavy atom. The number of carbonyl (C=O) groups is 2. The fourth-order valence-corrected chi connectivity index (χ4v) is 2.51. The molecule has 1 aromatic rings. The number of hydrogen-bond acceptors (Lipinski definition) is 4. The van der Waals surface area contributed by atoms with Gasteiger partial charge in [0, 0.05) is 26.2 Å². The molecule has 0 aliphatic heterocycles. The molecule has 1 heterocycles. The average Bonchev–Trinajstić information content (AvgIpc) is 2.51. The number of halogens is 2. The lowest BCUT2D eigenvalue weighted by atomic mass is 10.2. The molecule has 6 nitrogen and oxygen atoms in total. The summed E-state index contributed by atoms with van der Waals surface area (Å²) >= 11 is 11.9. The van der Waals surface area contributed by atoms with E-state index in [-0.39, 0.29) is 27.5 Å². The van der Waals surface area contributed by atoms with Crippen LogP contribution in [-0.4, -0.2) is 53.0 Å². The van der Waals surface area contributed by atoms with E-state index in [1.54, 1.807) is 4.90 Å². The molecular weight excluding hydrogens is 341 g/mol. The van der Waals surface area contributed by atoms with Crippen LogP contribution in [0.15, 0.2) is 6.07 Å². The first kappa shape index (κ1) is 19.5. The topological polar surface area (TPSA) is 62.7 Å². The van der Waals surface area contributed by atoms with Crippen LogP contribution in [0.1, 0.15) is 38.1 Å². The van der Waals surface area contributed by atoms with Gasteiger partial charge in [-0.2, -0.15) is 0 Å². The Balaban J connectivity index is 3.26. The lowest BCUT2D eigenvalue weighted by Gasteiger charge is -2.22. The number of aromatic nitrogens is 1. The third-order valence-corrected chi connectivity index (χ3v) is 3.84. The van der Waals surface area contributed by atoms with Gasteiger partial charge in [0.15, 0.2) is 10.9 Å². The molecule has 0 spiro atoms. The average molecular weight is 362 g/mol. The molecule has 0 aromatic carbocycles. The van der Waals surface area contributed by atoms with Gasteiger partial charge < -0.3 is 14.5 Å². The molecule has 0 saturated carbocycles. The highest BCUT2D eigenvalue weighted by atomic mass is 35.5. The number of rotatable bonds is 6. The third kappa shape index (κ3) is 4.72. The molecule has 8 heteroatoms. The molecule has 1 rings (SSSR count). The zero-order valence-corrected chi connectivity index (χ0v) is 15.2. The number of pyridine rings is 1. The van der Waals surface area contributed by atoms with Crippen LogP contribution in [0.4, 0.5) is 4.79 Å². The molecule has 0 aliphatic rings. The lowest BCUT2D eigenvalue weighted by molar-refractivity contribution is 0.0769. The standard InChI is InChI=1S/C15H21Cl2N3O3/c1-5-19(6-2)14(21)10-9-11(16)18-13(17)12(10)23-15(22)20(7-3)8-4/h9H,5-8H2,1-4H3. The zero-order chi connectivity index (χ0) is 17.6. The van der Waals surface area contributed by atoms with Gasteiger partial charge in [-0.3, -0.25) is 4.79 Å². The van der Waals surface area contributed by atoms with E-state index in [1.165, 1.54) is 11.0 Å².